The van der Waals surface area contributed by atoms with Gasteiger partial charge in [0.2, 0.25) is 5.91 Å². The number of hydrogen-bond donors (Lipinski definition) is 3. The molecule has 5 aromatic rings. The summed E-state index contributed by atoms with van der Waals surface area (Å²) in [5.74, 6) is -1.89. The lowest BCUT2D eigenvalue weighted by Gasteiger charge is -2.18. The van der Waals surface area contributed by atoms with E-state index in [1.807, 2.05) is 73.7 Å². The number of anilines is 2. The number of nitrogens with one attached hydrogen (secondary N) is 3. The number of carbonyl (C=O) groups excluding carboxylic acids is 3. The summed E-state index contributed by atoms with van der Waals surface area (Å²) < 4.78 is 15.1. The van der Waals surface area contributed by atoms with E-state index in [-0.39, 0.29) is 11.4 Å². The van der Waals surface area contributed by atoms with Crippen molar-refractivity contribution in [3.8, 4) is 0 Å². The largest absolute Gasteiger partial charge is 0.322 e. The van der Waals surface area contributed by atoms with Gasteiger partial charge in [0.1, 0.15) is 16.8 Å². The molecule has 1 unspecified atom stereocenters. The van der Waals surface area contributed by atoms with E-state index in [0.717, 1.165) is 16.7 Å². The third kappa shape index (κ3) is 8.59. The van der Waals surface area contributed by atoms with Crippen molar-refractivity contribution >= 4 is 62.9 Å². The molecule has 230 valence electrons. The van der Waals surface area contributed by atoms with E-state index in [2.05, 4.69) is 31.9 Å². The molecule has 0 aliphatic carbocycles. The Balaban J connectivity index is 1.38. The lowest BCUT2D eigenvalue weighted by molar-refractivity contribution is -0.116. The number of amides is 3. The van der Waals surface area contributed by atoms with Gasteiger partial charge in [-0.05, 0) is 78.2 Å². The second-order valence-corrected chi connectivity index (χ2v) is 12.3. The summed E-state index contributed by atoms with van der Waals surface area (Å²) in [4.78, 5) is 40.8. The van der Waals surface area contributed by atoms with Crippen molar-refractivity contribution in [2.24, 2.45) is 0 Å². The Hall–Kier alpha value is -4.99. The number of carbonyl (C=O) groups is 3. The lowest BCUT2D eigenvalue weighted by atomic mass is 10.1. The topological polar surface area (TPSA) is 87.3 Å². The zero-order valence-electron chi connectivity index (χ0n) is 24.7. The molecule has 1 atom stereocenters. The monoisotopic (exact) mass is 693 g/mol. The standard InChI is InChI=1S/C37H29BrFN3O3S/c1-24-11-8-9-16-27(24)21-33(42-35(43)26-14-6-3-7-15-26)36(44)40-29-17-10-18-30(23-29)46-34(25-12-4-2-5-13-25)37(45)41-32-20-19-28(38)22-31(32)39/h2-23,34H,1H3,(H,40,44)(H,41,45)(H,42,43)/b33-21-. The molecule has 9 heteroatoms. The minimum Gasteiger partial charge on any atom is -0.322 e. The Labute approximate surface area is 279 Å². The van der Waals surface area contributed by atoms with Crippen LogP contribution < -0.4 is 16.0 Å². The zero-order chi connectivity index (χ0) is 32.5. The molecule has 0 radical (unpaired) electrons. The van der Waals surface area contributed by atoms with Gasteiger partial charge in [-0.25, -0.2) is 4.39 Å². The fourth-order valence-corrected chi connectivity index (χ4v) is 5.93. The molecule has 0 aromatic heterocycles. The number of rotatable bonds is 10. The van der Waals surface area contributed by atoms with E-state index in [9.17, 15) is 18.8 Å². The first-order valence-electron chi connectivity index (χ1n) is 14.3. The molecule has 5 rings (SSSR count). The summed E-state index contributed by atoms with van der Waals surface area (Å²) in [5.41, 5.74) is 3.46. The molecule has 0 aliphatic heterocycles. The summed E-state index contributed by atoms with van der Waals surface area (Å²) in [6, 6.07) is 36.9. The molecule has 5 aromatic carbocycles. The summed E-state index contributed by atoms with van der Waals surface area (Å²) in [7, 11) is 0. The maximum Gasteiger partial charge on any atom is 0.272 e. The van der Waals surface area contributed by atoms with Gasteiger partial charge in [-0.1, -0.05) is 94.8 Å². The Morgan fingerprint density at radius 3 is 2.20 bits per heavy atom. The molecule has 0 saturated carbocycles. The van der Waals surface area contributed by atoms with Crippen LogP contribution in [-0.4, -0.2) is 17.7 Å². The van der Waals surface area contributed by atoms with Crippen LogP contribution in [0.25, 0.3) is 6.08 Å². The first-order chi connectivity index (χ1) is 22.3. The third-order valence-electron chi connectivity index (χ3n) is 6.89. The molecule has 0 bridgehead atoms. The van der Waals surface area contributed by atoms with E-state index >= 15 is 0 Å². The van der Waals surface area contributed by atoms with Crippen LogP contribution in [0, 0.1) is 12.7 Å². The minimum atomic E-state index is -0.725. The van der Waals surface area contributed by atoms with Crippen LogP contribution in [0.2, 0.25) is 0 Å². The van der Waals surface area contributed by atoms with E-state index in [1.54, 1.807) is 54.6 Å². The first-order valence-corrected chi connectivity index (χ1v) is 16.0. The second-order valence-electron chi connectivity index (χ2n) is 10.2. The van der Waals surface area contributed by atoms with Crippen molar-refractivity contribution in [1.29, 1.82) is 0 Å². The van der Waals surface area contributed by atoms with Gasteiger partial charge in [0.15, 0.2) is 0 Å². The van der Waals surface area contributed by atoms with Crippen molar-refractivity contribution in [2.75, 3.05) is 10.6 Å². The SMILES string of the molecule is Cc1ccccc1/C=C(\NC(=O)c1ccccc1)C(=O)Nc1cccc(SC(C(=O)Nc2ccc(Br)cc2F)c2ccccc2)c1. The Morgan fingerprint density at radius 2 is 1.48 bits per heavy atom. The van der Waals surface area contributed by atoms with Crippen molar-refractivity contribution in [3.63, 3.8) is 0 Å². The highest BCUT2D eigenvalue weighted by Crippen LogP contribution is 2.37. The van der Waals surface area contributed by atoms with Crippen molar-refractivity contribution < 1.29 is 18.8 Å². The van der Waals surface area contributed by atoms with Crippen molar-refractivity contribution in [3.05, 3.63) is 166 Å². The number of halogens is 2. The minimum absolute atomic E-state index is 0.0688. The summed E-state index contributed by atoms with van der Waals surface area (Å²) in [6.07, 6.45) is 1.64. The fourth-order valence-electron chi connectivity index (χ4n) is 4.52. The molecule has 46 heavy (non-hydrogen) atoms. The number of benzene rings is 5. The average Bonchev–Trinajstić information content (AvgIpc) is 3.06. The van der Waals surface area contributed by atoms with Crippen LogP contribution in [0.5, 0.6) is 0 Å². The van der Waals surface area contributed by atoms with Crippen LogP contribution in [0.1, 0.15) is 32.3 Å². The Bertz CT molecular complexity index is 1900. The molecular formula is C37H29BrFN3O3S. The molecule has 6 nitrogen and oxygen atoms in total. The van der Waals surface area contributed by atoms with Gasteiger partial charge in [-0.15, -0.1) is 11.8 Å². The number of aryl methyl sites for hydroxylation is 1. The molecule has 0 aliphatic rings. The smallest absolute Gasteiger partial charge is 0.272 e. The van der Waals surface area contributed by atoms with Gasteiger partial charge in [0, 0.05) is 20.6 Å². The maximum atomic E-state index is 14.6. The second kappa shape index (κ2) is 15.3. The van der Waals surface area contributed by atoms with Gasteiger partial charge < -0.3 is 16.0 Å². The summed E-state index contributed by atoms with van der Waals surface area (Å²) in [5, 5.41) is 7.63. The predicted octanol–water partition coefficient (Wildman–Crippen LogP) is 8.78. The molecule has 0 spiro atoms. The summed E-state index contributed by atoms with van der Waals surface area (Å²) >= 11 is 4.50. The van der Waals surface area contributed by atoms with E-state index in [1.165, 1.54) is 23.9 Å². The highest BCUT2D eigenvalue weighted by molar-refractivity contribution is 9.10. The molecule has 0 fully saturated rings. The molecule has 3 amide bonds. The van der Waals surface area contributed by atoms with Crippen LogP contribution in [0.3, 0.4) is 0 Å². The molecular weight excluding hydrogens is 665 g/mol. The van der Waals surface area contributed by atoms with E-state index in [0.29, 0.717) is 20.6 Å². The normalized spacial score (nSPS) is 11.8. The average molecular weight is 695 g/mol. The fraction of sp³-hybridized carbons (Fsp3) is 0.0541. The number of hydrogen-bond acceptors (Lipinski definition) is 4. The van der Waals surface area contributed by atoms with Crippen molar-refractivity contribution in [1.82, 2.24) is 5.32 Å². The first kappa shape index (κ1) is 32.4. The van der Waals surface area contributed by atoms with Crippen molar-refractivity contribution in [2.45, 2.75) is 17.1 Å². The van der Waals surface area contributed by atoms with Crippen LogP contribution in [0.4, 0.5) is 15.8 Å². The Kier molecular flexibility index (Phi) is 10.8. The van der Waals surface area contributed by atoms with E-state index in [4.69, 9.17) is 0 Å². The predicted molar refractivity (Wildman–Crippen MR) is 186 cm³/mol. The highest BCUT2D eigenvalue weighted by atomic mass is 79.9. The van der Waals surface area contributed by atoms with Gasteiger partial charge in [0.05, 0.1) is 5.69 Å². The zero-order valence-corrected chi connectivity index (χ0v) is 27.1. The summed E-state index contributed by atoms with van der Waals surface area (Å²) in [6.45, 7) is 1.92. The highest BCUT2D eigenvalue weighted by Gasteiger charge is 2.24. The third-order valence-corrected chi connectivity index (χ3v) is 8.63. The quantitative estimate of drug-likeness (QED) is 0.101. The number of thioether (sulfide) groups is 1. The van der Waals surface area contributed by atoms with Crippen LogP contribution in [-0.2, 0) is 9.59 Å². The van der Waals surface area contributed by atoms with Gasteiger partial charge >= 0.3 is 0 Å². The van der Waals surface area contributed by atoms with Gasteiger partial charge in [-0.2, -0.15) is 0 Å². The van der Waals surface area contributed by atoms with Crippen LogP contribution >= 0.6 is 27.7 Å². The molecule has 0 saturated heterocycles. The van der Waals surface area contributed by atoms with Gasteiger partial charge in [0.25, 0.3) is 11.8 Å². The molecule has 3 N–H and O–H groups in total. The molecule has 0 heterocycles. The maximum absolute atomic E-state index is 14.6. The lowest BCUT2D eigenvalue weighted by Crippen LogP contribution is -2.30. The Morgan fingerprint density at radius 1 is 0.783 bits per heavy atom. The van der Waals surface area contributed by atoms with Crippen LogP contribution in [0.15, 0.2) is 142 Å². The van der Waals surface area contributed by atoms with Gasteiger partial charge in [-0.3, -0.25) is 14.4 Å². The van der Waals surface area contributed by atoms with E-state index < -0.39 is 28.8 Å².